The number of ether oxygens (including phenoxy) is 2. The fraction of sp³-hybridized carbons (Fsp3) is 0.933. The highest BCUT2D eigenvalue weighted by molar-refractivity contribution is 5.74. The molecule has 0 aromatic carbocycles. The summed E-state index contributed by atoms with van der Waals surface area (Å²) in [4.78, 5) is 14.1. The molecule has 1 N–H and O–H groups in total. The molecule has 2 aliphatic heterocycles. The number of hydrogen-bond acceptors (Lipinski definition) is 3. The first-order valence-electron chi connectivity index (χ1n) is 7.81. The van der Waals surface area contributed by atoms with E-state index in [9.17, 15) is 4.79 Å². The van der Waals surface area contributed by atoms with Gasteiger partial charge in [0.15, 0.2) is 0 Å². The van der Waals surface area contributed by atoms with Crippen LogP contribution in [0, 0.1) is 11.8 Å². The van der Waals surface area contributed by atoms with Crippen LogP contribution in [0.25, 0.3) is 0 Å². The molecular weight excluding hydrogens is 256 g/mol. The van der Waals surface area contributed by atoms with Crippen LogP contribution in [0.2, 0.25) is 0 Å². The zero-order valence-electron chi connectivity index (χ0n) is 12.9. The number of piperidine rings is 1. The molecule has 2 saturated heterocycles. The van der Waals surface area contributed by atoms with Gasteiger partial charge in [-0.25, -0.2) is 4.79 Å². The molecule has 2 amide bonds. The number of nitrogens with zero attached hydrogens (tertiary/aromatic N) is 1. The number of hydrogen-bond donors (Lipinski definition) is 1. The number of carbonyl (C=O) groups excluding carboxylic acids is 1. The molecule has 2 aliphatic rings. The Kier molecular flexibility index (Phi) is 5.66. The van der Waals surface area contributed by atoms with Crippen molar-refractivity contribution in [2.75, 3.05) is 32.9 Å². The second kappa shape index (κ2) is 7.27. The average Bonchev–Trinajstić information content (AvgIpc) is 2.92. The van der Waals surface area contributed by atoms with Gasteiger partial charge in [0, 0.05) is 19.7 Å². The molecule has 2 rings (SSSR count). The Hall–Kier alpha value is -0.810. The van der Waals surface area contributed by atoms with E-state index in [-0.39, 0.29) is 18.2 Å². The summed E-state index contributed by atoms with van der Waals surface area (Å²) in [5.41, 5.74) is 0. The third kappa shape index (κ3) is 4.35. The van der Waals surface area contributed by atoms with Gasteiger partial charge in [0.05, 0.1) is 25.4 Å². The van der Waals surface area contributed by atoms with E-state index in [4.69, 9.17) is 9.47 Å². The molecule has 5 nitrogen and oxygen atoms in total. The molecule has 0 aliphatic carbocycles. The predicted octanol–water partition coefficient (Wildman–Crippen LogP) is 1.87. The van der Waals surface area contributed by atoms with Crippen LogP contribution in [0.1, 0.15) is 33.6 Å². The van der Waals surface area contributed by atoms with Gasteiger partial charge in [-0.15, -0.1) is 0 Å². The summed E-state index contributed by atoms with van der Waals surface area (Å²) in [5, 5.41) is 3.03. The van der Waals surface area contributed by atoms with Gasteiger partial charge in [-0.1, -0.05) is 13.8 Å². The minimum atomic E-state index is 0.0396. The molecule has 5 heteroatoms. The van der Waals surface area contributed by atoms with Crippen LogP contribution in [0.15, 0.2) is 0 Å². The average molecular weight is 284 g/mol. The number of carbonyl (C=O) groups is 1. The lowest BCUT2D eigenvalue weighted by molar-refractivity contribution is 0.0325. The standard InChI is InChI=1S/C15H28N2O3/c1-11-4-6-17(8-12(11)2)15(18)16-13(3)9-20-14-5-7-19-10-14/h11-14H,4-10H2,1-3H3,(H,16,18)/t11-,12-,13+,14+/m0/s1. The van der Waals surface area contributed by atoms with Crippen molar-refractivity contribution in [2.45, 2.75) is 45.8 Å². The summed E-state index contributed by atoms with van der Waals surface area (Å²) >= 11 is 0. The fourth-order valence-corrected chi connectivity index (χ4v) is 2.72. The quantitative estimate of drug-likeness (QED) is 0.857. The highest BCUT2D eigenvalue weighted by atomic mass is 16.5. The van der Waals surface area contributed by atoms with Crippen LogP contribution in [-0.4, -0.2) is 56.0 Å². The maximum Gasteiger partial charge on any atom is 0.317 e. The summed E-state index contributed by atoms with van der Waals surface area (Å²) in [7, 11) is 0. The minimum absolute atomic E-state index is 0.0396. The van der Waals surface area contributed by atoms with E-state index in [2.05, 4.69) is 19.2 Å². The molecule has 0 radical (unpaired) electrons. The molecule has 0 bridgehead atoms. The van der Waals surface area contributed by atoms with E-state index in [1.807, 2.05) is 11.8 Å². The van der Waals surface area contributed by atoms with E-state index < -0.39 is 0 Å². The molecular formula is C15H28N2O3. The largest absolute Gasteiger partial charge is 0.379 e. The first kappa shape index (κ1) is 15.6. The van der Waals surface area contributed by atoms with Crippen molar-refractivity contribution >= 4 is 6.03 Å². The maximum atomic E-state index is 12.2. The lowest BCUT2D eigenvalue weighted by Gasteiger charge is -2.35. The van der Waals surface area contributed by atoms with Crippen molar-refractivity contribution in [3.63, 3.8) is 0 Å². The van der Waals surface area contributed by atoms with Gasteiger partial charge in [-0.3, -0.25) is 0 Å². The lowest BCUT2D eigenvalue weighted by atomic mass is 9.89. The van der Waals surface area contributed by atoms with Gasteiger partial charge in [-0.05, 0) is 31.6 Å². The SMILES string of the molecule is C[C@H](CO[C@@H]1CCOC1)NC(=O)N1CC[C@H](C)[C@@H](C)C1. The van der Waals surface area contributed by atoms with Crippen LogP contribution in [0.4, 0.5) is 4.79 Å². The van der Waals surface area contributed by atoms with Crippen molar-refractivity contribution in [3.05, 3.63) is 0 Å². The smallest absolute Gasteiger partial charge is 0.317 e. The van der Waals surface area contributed by atoms with Crippen molar-refractivity contribution in [1.82, 2.24) is 10.2 Å². The Bertz CT molecular complexity index is 318. The van der Waals surface area contributed by atoms with Crippen LogP contribution in [0.5, 0.6) is 0 Å². The Morgan fingerprint density at radius 1 is 1.40 bits per heavy atom. The first-order valence-corrected chi connectivity index (χ1v) is 7.81. The molecule has 0 unspecified atom stereocenters. The molecule has 2 heterocycles. The van der Waals surface area contributed by atoms with E-state index in [0.29, 0.717) is 25.0 Å². The maximum absolute atomic E-state index is 12.2. The Morgan fingerprint density at radius 2 is 2.20 bits per heavy atom. The molecule has 0 aromatic heterocycles. The monoisotopic (exact) mass is 284 g/mol. The zero-order valence-corrected chi connectivity index (χ0v) is 12.9. The van der Waals surface area contributed by atoms with Crippen molar-refractivity contribution in [3.8, 4) is 0 Å². The summed E-state index contributed by atoms with van der Waals surface area (Å²) in [6.45, 7) is 10.2. The van der Waals surface area contributed by atoms with E-state index in [0.717, 1.165) is 32.5 Å². The third-order valence-electron chi connectivity index (χ3n) is 4.46. The Morgan fingerprint density at radius 3 is 2.85 bits per heavy atom. The molecule has 4 atom stereocenters. The summed E-state index contributed by atoms with van der Waals surface area (Å²) < 4.78 is 11.0. The lowest BCUT2D eigenvalue weighted by Crippen LogP contribution is -2.50. The fourth-order valence-electron chi connectivity index (χ4n) is 2.72. The number of urea groups is 1. The number of rotatable bonds is 4. The number of nitrogens with one attached hydrogen (secondary N) is 1. The molecule has 2 fully saturated rings. The van der Waals surface area contributed by atoms with Crippen LogP contribution >= 0.6 is 0 Å². The Labute approximate surface area is 122 Å². The predicted molar refractivity (Wildman–Crippen MR) is 77.7 cm³/mol. The van der Waals surface area contributed by atoms with Crippen molar-refractivity contribution in [2.24, 2.45) is 11.8 Å². The number of likely N-dealkylation sites (tertiary alicyclic amines) is 1. The van der Waals surface area contributed by atoms with E-state index >= 15 is 0 Å². The normalized spacial score (nSPS) is 32.1. The van der Waals surface area contributed by atoms with E-state index in [1.54, 1.807) is 0 Å². The summed E-state index contributed by atoms with van der Waals surface area (Å²) in [6.07, 6.45) is 2.26. The van der Waals surface area contributed by atoms with Gasteiger partial charge < -0.3 is 19.7 Å². The van der Waals surface area contributed by atoms with Crippen LogP contribution < -0.4 is 5.32 Å². The second-order valence-corrected chi connectivity index (χ2v) is 6.36. The van der Waals surface area contributed by atoms with Crippen molar-refractivity contribution in [1.29, 1.82) is 0 Å². The summed E-state index contributed by atoms with van der Waals surface area (Å²) in [5.74, 6) is 1.29. The minimum Gasteiger partial charge on any atom is -0.379 e. The molecule has 0 aromatic rings. The molecule has 0 saturated carbocycles. The van der Waals surface area contributed by atoms with Gasteiger partial charge in [0.2, 0.25) is 0 Å². The molecule has 20 heavy (non-hydrogen) atoms. The molecule has 116 valence electrons. The van der Waals surface area contributed by atoms with Gasteiger partial charge >= 0.3 is 6.03 Å². The Balaban J connectivity index is 1.67. The zero-order chi connectivity index (χ0) is 14.5. The summed E-state index contributed by atoms with van der Waals surface area (Å²) in [6, 6.07) is 0.0836. The van der Waals surface area contributed by atoms with Gasteiger partial charge in [-0.2, -0.15) is 0 Å². The van der Waals surface area contributed by atoms with Gasteiger partial charge in [0.1, 0.15) is 0 Å². The van der Waals surface area contributed by atoms with Gasteiger partial charge in [0.25, 0.3) is 0 Å². The van der Waals surface area contributed by atoms with Crippen LogP contribution in [0.3, 0.4) is 0 Å². The molecule has 0 spiro atoms. The highest BCUT2D eigenvalue weighted by Crippen LogP contribution is 2.22. The van der Waals surface area contributed by atoms with Crippen molar-refractivity contribution < 1.29 is 14.3 Å². The topological polar surface area (TPSA) is 50.8 Å². The second-order valence-electron chi connectivity index (χ2n) is 6.36. The van der Waals surface area contributed by atoms with Crippen LogP contribution in [-0.2, 0) is 9.47 Å². The number of amides is 2. The highest BCUT2D eigenvalue weighted by Gasteiger charge is 2.26. The third-order valence-corrected chi connectivity index (χ3v) is 4.46. The van der Waals surface area contributed by atoms with E-state index in [1.165, 1.54) is 0 Å². The first-order chi connectivity index (χ1) is 9.56.